The van der Waals surface area contributed by atoms with E-state index < -0.39 is 0 Å². The molecule has 0 bridgehead atoms. The summed E-state index contributed by atoms with van der Waals surface area (Å²) in [6.45, 7) is 2.07. The third-order valence-electron chi connectivity index (χ3n) is 5.78. The van der Waals surface area contributed by atoms with Crippen LogP contribution in [0.1, 0.15) is 31.2 Å². The van der Waals surface area contributed by atoms with E-state index in [-0.39, 0.29) is 0 Å². The minimum atomic E-state index is 0.358. The molecule has 1 aliphatic rings. The summed E-state index contributed by atoms with van der Waals surface area (Å²) in [5.41, 5.74) is 3.15. The highest BCUT2D eigenvalue weighted by atomic mass is 79.9. The van der Waals surface area contributed by atoms with Crippen molar-refractivity contribution < 1.29 is 0 Å². The number of halogens is 1. The van der Waals surface area contributed by atoms with Crippen molar-refractivity contribution in [2.24, 2.45) is 0 Å². The van der Waals surface area contributed by atoms with Crippen LogP contribution >= 0.6 is 28.1 Å². The Morgan fingerprint density at radius 1 is 1.03 bits per heavy atom. The molecule has 1 saturated carbocycles. The summed E-state index contributed by atoms with van der Waals surface area (Å²) in [7, 11) is 4.03. The van der Waals surface area contributed by atoms with Crippen LogP contribution in [0.15, 0.2) is 46.9 Å². The average molecular weight is 514 g/mol. The van der Waals surface area contributed by atoms with E-state index in [9.17, 15) is 0 Å². The topological polar surface area (TPSA) is 65.1 Å². The molecule has 3 aromatic rings. The maximum absolute atomic E-state index is 5.54. The SMILES string of the molecule is Cc1ccc(NC(=S)NC2CCC(Nc3nc(N(C)C)c4ccccc4n3)CC2)c(Br)c1. The lowest BCUT2D eigenvalue weighted by Crippen LogP contribution is -2.42. The molecule has 8 heteroatoms. The zero-order valence-electron chi connectivity index (χ0n) is 18.7. The minimum Gasteiger partial charge on any atom is -0.362 e. The molecule has 1 aliphatic carbocycles. The smallest absolute Gasteiger partial charge is 0.225 e. The van der Waals surface area contributed by atoms with E-state index in [1.165, 1.54) is 5.56 Å². The van der Waals surface area contributed by atoms with Crippen molar-refractivity contribution in [1.29, 1.82) is 0 Å². The number of nitrogens with one attached hydrogen (secondary N) is 3. The first-order valence-electron chi connectivity index (χ1n) is 10.9. The van der Waals surface area contributed by atoms with Crippen LogP contribution in [0.5, 0.6) is 0 Å². The predicted molar refractivity (Wildman–Crippen MR) is 142 cm³/mol. The van der Waals surface area contributed by atoms with Gasteiger partial charge in [0.05, 0.1) is 11.2 Å². The summed E-state index contributed by atoms with van der Waals surface area (Å²) in [5, 5.41) is 12.1. The Bertz CT molecular complexity index is 1110. The Labute approximate surface area is 203 Å². The number of hydrogen-bond donors (Lipinski definition) is 3. The third-order valence-corrected chi connectivity index (χ3v) is 6.65. The Kier molecular flexibility index (Phi) is 7.10. The molecule has 0 spiro atoms. The highest BCUT2D eigenvalue weighted by Crippen LogP contribution is 2.27. The Morgan fingerprint density at radius 2 is 1.75 bits per heavy atom. The third kappa shape index (κ3) is 5.48. The summed E-state index contributed by atoms with van der Waals surface area (Å²) in [4.78, 5) is 11.6. The summed E-state index contributed by atoms with van der Waals surface area (Å²) in [5.74, 6) is 1.64. The van der Waals surface area contributed by atoms with Crippen molar-refractivity contribution in [3.05, 3.63) is 52.5 Å². The van der Waals surface area contributed by atoms with E-state index in [0.717, 1.165) is 52.6 Å². The van der Waals surface area contributed by atoms with Crippen LogP contribution in [0.4, 0.5) is 17.5 Å². The fourth-order valence-electron chi connectivity index (χ4n) is 4.10. The highest BCUT2D eigenvalue weighted by molar-refractivity contribution is 9.10. The van der Waals surface area contributed by atoms with Gasteiger partial charge in [0.2, 0.25) is 5.95 Å². The Balaban J connectivity index is 1.32. The van der Waals surface area contributed by atoms with Crippen molar-refractivity contribution >= 4 is 61.6 Å². The van der Waals surface area contributed by atoms with Gasteiger partial charge in [-0.1, -0.05) is 18.2 Å². The first kappa shape index (κ1) is 22.7. The quantitative estimate of drug-likeness (QED) is 0.391. The zero-order valence-corrected chi connectivity index (χ0v) is 21.1. The molecule has 1 fully saturated rings. The van der Waals surface area contributed by atoms with Crippen LogP contribution in [-0.4, -0.2) is 41.3 Å². The van der Waals surface area contributed by atoms with Crippen LogP contribution in [0.3, 0.4) is 0 Å². The molecule has 6 nitrogen and oxygen atoms in total. The predicted octanol–water partition coefficient (Wildman–Crippen LogP) is 5.48. The van der Waals surface area contributed by atoms with E-state index in [0.29, 0.717) is 23.1 Å². The summed E-state index contributed by atoms with van der Waals surface area (Å²) in [6, 6.07) is 15.1. The number of nitrogens with zero attached hydrogens (tertiary/aromatic N) is 3. The van der Waals surface area contributed by atoms with Gasteiger partial charge in [0.15, 0.2) is 5.11 Å². The van der Waals surface area contributed by atoms with E-state index >= 15 is 0 Å². The molecule has 0 unspecified atom stereocenters. The lowest BCUT2D eigenvalue weighted by Gasteiger charge is -2.30. The molecule has 32 heavy (non-hydrogen) atoms. The van der Waals surface area contributed by atoms with Crippen LogP contribution < -0.4 is 20.9 Å². The highest BCUT2D eigenvalue weighted by Gasteiger charge is 2.23. The second-order valence-corrected chi connectivity index (χ2v) is 9.82. The number of benzene rings is 2. The number of hydrogen-bond acceptors (Lipinski definition) is 5. The molecular weight excluding hydrogens is 484 g/mol. The average Bonchev–Trinajstić information content (AvgIpc) is 2.76. The number of thiocarbonyl (C=S) groups is 1. The standard InChI is InChI=1S/C24H29BrN6S/c1-15-8-13-21(19(25)14-15)29-24(32)27-17-11-9-16(10-12-17)26-23-28-20-7-5-4-6-18(20)22(30-23)31(2)3/h4-8,13-14,16-17H,9-12H2,1-3H3,(H,26,28,30)(H2,27,29,32). The van der Waals surface area contributed by atoms with E-state index in [4.69, 9.17) is 22.2 Å². The first-order valence-corrected chi connectivity index (χ1v) is 12.1. The molecule has 0 atom stereocenters. The first-order chi connectivity index (χ1) is 15.4. The van der Waals surface area contributed by atoms with Crippen molar-refractivity contribution in [3.63, 3.8) is 0 Å². The zero-order chi connectivity index (χ0) is 22.7. The number of para-hydroxylation sites is 1. The van der Waals surface area contributed by atoms with Crippen LogP contribution in [-0.2, 0) is 0 Å². The van der Waals surface area contributed by atoms with Crippen LogP contribution in [0.2, 0.25) is 0 Å². The fraction of sp³-hybridized carbons (Fsp3) is 0.375. The summed E-state index contributed by atoms with van der Waals surface area (Å²) >= 11 is 9.14. The van der Waals surface area contributed by atoms with Gasteiger partial charge in [-0.05, 0) is 90.6 Å². The molecule has 0 saturated heterocycles. The number of rotatable bonds is 5. The van der Waals surface area contributed by atoms with E-state index in [1.807, 2.05) is 43.3 Å². The molecule has 4 rings (SSSR count). The molecule has 1 aromatic heterocycles. The van der Waals surface area contributed by atoms with Gasteiger partial charge in [0.25, 0.3) is 0 Å². The molecular formula is C24H29BrN6S. The van der Waals surface area contributed by atoms with Gasteiger partial charge in [-0.15, -0.1) is 0 Å². The molecule has 0 aliphatic heterocycles. The number of anilines is 3. The summed E-state index contributed by atoms with van der Waals surface area (Å²) in [6.07, 6.45) is 4.18. The maximum atomic E-state index is 5.54. The molecule has 1 heterocycles. The minimum absolute atomic E-state index is 0.358. The van der Waals surface area contributed by atoms with Gasteiger partial charge in [0.1, 0.15) is 5.82 Å². The van der Waals surface area contributed by atoms with Crippen LogP contribution in [0.25, 0.3) is 10.9 Å². The van der Waals surface area contributed by atoms with Gasteiger partial charge < -0.3 is 20.9 Å². The second-order valence-electron chi connectivity index (χ2n) is 8.56. The monoisotopic (exact) mass is 512 g/mol. The lowest BCUT2D eigenvalue weighted by molar-refractivity contribution is 0.387. The summed E-state index contributed by atoms with van der Waals surface area (Å²) < 4.78 is 1.02. The Hall–Kier alpha value is -2.45. The van der Waals surface area contributed by atoms with Gasteiger partial charge in [-0.3, -0.25) is 0 Å². The normalized spacial score (nSPS) is 18.2. The van der Waals surface area contributed by atoms with E-state index in [1.54, 1.807) is 0 Å². The number of fused-ring (bicyclic) bond motifs is 1. The molecule has 168 valence electrons. The largest absolute Gasteiger partial charge is 0.362 e. The molecule has 0 amide bonds. The molecule has 2 aromatic carbocycles. The van der Waals surface area contributed by atoms with Crippen molar-refractivity contribution in [2.45, 2.75) is 44.7 Å². The van der Waals surface area contributed by atoms with Gasteiger partial charge >= 0.3 is 0 Å². The number of aromatic nitrogens is 2. The maximum Gasteiger partial charge on any atom is 0.225 e. The van der Waals surface area contributed by atoms with Crippen molar-refractivity contribution in [2.75, 3.05) is 29.6 Å². The second kappa shape index (κ2) is 10.0. The lowest BCUT2D eigenvalue weighted by atomic mass is 9.91. The van der Waals surface area contributed by atoms with Gasteiger partial charge in [-0.2, -0.15) is 4.98 Å². The fourth-order valence-corrected chi connectivity index (χ4v) is 4.96. The Morgan fingerprint density at radius 3 is 2.47 bits per heavy atom. The molecule has 0 radical (unpaired) electrons. The molecule has 3 N–H and O–H groups in total. The van der Waals surface area contributed by atoms with E-state index in [2.05, 4.69) is 57.0 Å². The van der Waals surface area contributed by atoms with Crippen LogP contribution in [0, 0.1) is 6.92 Å². The van der Waals surface area contributed by atoms with Gasteiger partial charge in [0, 0.05) is 36.0 Å². The van der Waals surface area contributed by atoms with Crippen molar-refractivity contribution in [3.8, 4) is 0 Å². The number of aryl methyl sites for hydroxylation is 1. The van der Waals surface area contributed by atoms with Gasteiger partial charge in [-0.25, -0.2) is 4.98 Å². The van der Waals surface area contributed by atoms with Crippen molar-refractivity contribution in [1.82, 2.24) is 15.3 Å².